The molecule has 0 unspecified atom stereocenters. The number of fused-ring (bicyclic) bond motifs is 1. The summed E-state index contributed by atoms with van der Waals surface area (Å²) in [5.74, 6) is -0.915. The van der Waals surface area contributed by atoms with E-state index < -0.39 is 12.0 Å². The van der Waals surface area contributed by atoms with Crippen LogP contribution in [0.15, 0.2) is 58.2 Å². The van der Waals surface area contributed by atoms with E-state index in [0.29, 0.717) is 21.9 Å². The van der Waals surface area contributed by atoms with Crippen LogP contribution in [-0.4, -0.2) is 54.0 Å². The molecule has 0 spiro atoms. The lowest BCUT2D eigenvalue weighted by Crippen LogP contribution is -2.44. The number of hydrogen-bond acceptors (Lipinski definition) is 10. The summed E-state index contributed by atoms with van der Waals surface area (Å²) in [5.41, 5.74) is 2.62. The second-order valence-electron chi connectivity index (χ2n) is 7.04. The molecule has 34 heavy (non-hydrogen) atoms. The molecule has 12 heteroatoms. The predicted octanol–water partition coefficient (Wildman–Crippen LogP) is 3.75. The van der Waals surface area contributed by atoms with E-state index in [9.17, 15) is 14.4 Å². The van der Waals surface area contributed by atoms with Crippen LogP contribution in [0.4, 0.5) is 15.2 Å². The Morgan fingerprint density at radius 3 is 2.88 bits per heavy atom. The van der Waals surface area contributed by atoms with Gasteiger partial charge in [-0.25, -0.2) is 14.2 Å². The van der Waals surface area contributed by atoms with Gasteiger partial charge in [-0.15, -0.1) is 0 Å². The molecule has 0 fully saturated rings. The van der Waals surface area contributed by atoms with E-state index in [1.807, 2.05) is 24.3 Å². The average Bonchev–Trinajstić information content (AvgIpc) is 3.48. The van der Waals surface area contributed by atoms with Crippen LogP contribution in [0.5, 0.6) is 0 Å². The van der Waals surface area contributed by atoms with Gasteiger partial charge in [0.25, 0.3) is 0 Å². The molecule has 0 aliphatic heterocycles. The van der Waals surface area contributed by atoms with Crippen molar-refractivity contribution in [2.24, 2.45) is 5.16 Å². The summed E-state index contributed by atoms with van der Waals surface area (Å²) in [6.07, 6.45) is 0. The number of nitrogens with zero attached hydrogens (tertiary/aromatic N) is 3. The van der Waals surface area contributed by atoms with Gasteiger partial charge in [-0.3, -0.25) is 0 Å². The Morgan fingerprint density at radius 1 is 1.26 bits per heavy atom. The number of esters is 1. The van der Waals surface area contributed by atoms with Gasteiger partial charge in [0.05, 0.1) is 23.9 Å². The molecule has 0 saturated heterocycles. The molecule has 0 radical (unpaired) electrons. The minimum absolute atomic E-state index is 0.0151. The van der Waals surface area contributed by atoms with Gasteiger partial charge in [0.2, 0.25) is 11.6 Å². The van der Waals surface area contributed by atoms with Crippen LogP contribution in [0.3, 0.4) is 0 Å². The van der Waals surface area contributed by atoms with Crippen molar-refractivity contribution < 1.29 is 28.4 Å². The number of nitrogens with one attached hydrogen (secondary N) is 2. The number of benzene rings is 2. The van der Waals surface area contributed by atoms with E-state index in [1.165, 1.54) is 37.7 Å². The third-order valence-electron chi connectivity index (χ3n) is 4.73. The predicted molar refractivity (Wildman–Crippen MR) is 124 cm³/mol. The summed E-state index contributed by atoms with van der Waals surface area (Å²) < 4.78 is 29.2. The fourth-order valence-corrected chi connectivity index (χ4v) is 4.06. The number of rotatable bonds is 8. The first-order chi connectivity index (χ1) is 16.5. The number of oxime groups is 1. The van der Waals surface area contributed by atoms with Crippen molar-refractivity contribution in [1.82, 2.24) is 15.5 Å². The molecule has 0 aliphatic carbocycles. The number of methoxy groups -OCH3 is 2. The molecule has 0 saturated carbocycles. The molecule has 4 aromatic rings. The molecular formula is C22H20FN5O5S. The molecule has 4 rings (SSSR count). The number of ether oxygens (including phenoxy) is 2. The molecule has 0 aliphatic rings. The first-order valence-electron chi connectivity index (χ1n) is 9.96. The van der Waals surface area contributed by atoms with Crippen molar-refractivity contribution in [3.05, 3.63) is 60.1 Å². The lowest BCUT2D eigenvalue weighted by atomic mass is 10.1. The Balaban J connectivity index is 1.52. The molecule has 2 heterocycles. The number of amidine groups is 1. The zero-order valence-corrected chi connectivity index (χ0v) is 18.9. The number of hydrogen-bond donors (Lipinski definition) is 3. The van der Waals surface area contributed by atoms with Gasteiger partial charge in [-0.05, 0) is 30.3 Å². The largest absolute Gasteiger partial charge is 0.467 e. The van der Waals surface area contributed by atoms with Crippen molar-refractivity contribution >= 4 is 44.2 Å². The van der Waals surface area contributed by atoms with Gasteiger partial charge in [-0.1, -0.05) is 33.8 Å². The van der Waals surface area contributed by atoms with Crippen LogP contribution >= 0.6 is 11.3 Å². The highest BCUT2D eigenvalue weighted by Crippen LogP contribution is 2.30. The summed E-state index contributed by atoms with van der Waals surface area (Å²) in [6, 6.07) is 12.4. The van der Waals surface area contributed by atoms with E-state index in [-0.39, 0.29) is 24.0 Å². The summed E-state index contributed by atoms with van der Waals surface area (Å²) in [7, 11) is 2.66. The van der Waals surface area contributed by atoms with Crippen molar-refractivity contribution in [2.45, 2.75) is 6.04 Å². The maximum absolute atomic E-state index is 13.4. The maximum atomic E-state index is 13.4. The lowest BCUT2D eigenvalue weighted by molar-refractivity contribution is -0.144. The van der Waals surface area contributed by atoms with Gasteiger partial charge in [-0.2, -0.15) is 0 Å². The first-order valence-corrected chi connectivity index (χ1v) is 10.8. The highest BCUT2D eigenvalue weighted by Gasteiger charge is 2.23. The van der Waals surface area contributed by atoms with Gasteiger partial charge < -0.3 is 29.8 Å². The van der Waals surface area contributed by atoms with Crippen LogP contribution in [0.25, 0.3) is 21.5 Å². The monoisotopic (exact) mass is 485 g/mol. The third kappa shape index (κ3) is 5.13. The zero-order chi connectivity index (χ0) is 24.1. The zero-order valence-electron chi connectivity index (χ0n) is 18.1. The van der Waals surface area contributed by atoms with E-state index in [4.69, 9.17) is 14.0 Å². The number of anilines is 2. The van der Waals surface area contributed by atoms with Gasteiger partial charge >= 0.3 is 5.97 Å². The second kappa shape index (κ2) is 10.3. The Labute approximate surface area is 197 Å². The van der Waals surface area contributed by atoms with Crippen LogP contribution in [-0.2, 0) is 14.3 Å². The smallest absolute Gasteiger partial charge is 0.330 e. The topological polar surface area (TPSA) is 131 Å². The summed E-state index contributed by atoms with van der Waals surface area (Å²) in [4.78, 5) is 16.4. The average molecular weight is 485 g/mol. The Hall–Kier alpha value is -4.03. The molecule has 2 aromatic carbocycles. The summed E-state index contributed by atoms with van der Waals surface area (Å²) >= 11 is 1.34. The normalized spacial score (nSPS) is 12.5. The Morgan fingerprint density at radius 2 is 2.12 bits per heavy atom. The minimum Gasteiger partial charge on any atom is -0.467 e. The van der Waals surface area contributed by atoms with Gasteiger partial charge in [0.1, 0.15) is 17.6 Å². The first kappa shape index (κ1) is 23.1. The molecule has 3 N–H and O–H groups in total. The van der Waals surface area contributed by atoms with E-state index in [1.54, 1.807) is 12.1 Å². The fourth-order valence-electron chi connectivity index (χ4n) is 3.15. The molecule has 176 valence electrons. The van der Waals surface area contributed by atoms with Crippen LogP contribution in [0, 0.1) is 5.82 Å². The SMILES string of the molecule is COC[C@H](N/C(=N\O)c1cc(-c2cccc(Nc3nc4ccc(F)cc4s3)c2)no1)C(=O)OC. The number of thiazole rings is 1. The van der Waals surface area contributed by atoms with Gasteiger partial charge in [0, 0.05) is 24.4 Å². The summed E-state index contributed by atoms with van der Waals surface area (Å²) in [6.45, 7) is -0.0151. The van der Waals surface area contributed by atoms with Gasteiger partial charge in [0.15, 0.2) is 5.13 Å². The quantitative estimate of drug-likeness (QED) is 0.112. The van der Waals surface area contributed by atoms with Crippen molar-refractivity contribution in [1.29, 1.82) is 0 Å². The van der Waals surface area contributed by atoms with Crippen molar-refractivity contribution in [3.8, 4) is 11.3 Å². The third-order valence-corrected chi connectivity index (χ3v) is 5.67. The summed E-state index contributed by atoms with van der Waals surface area (Å²) in [5, 5.41) is 23.2. The molecule has 0 amide bonds. The Bertz CT molecular complexity index is 1340. The lowest BCUT2D eigenvalue weighted by Gasteiger charge is -2.15. The number of carbonyl (C=O) groups is 1. The van der Waals surface area contributed by atoms with E-state index in [2.05, 4.69) is 25.9 Å². The van der Waals surface area contributed by atoms with Crippen molar-refractivity contribution in [3.63, 3.8) is 0 Å². The number of aromatic nitrogens is 2. The Kier molecular flexibility index (Phi) is 6.99. The van der Waals surface area contributed by atoms with Crippen molar-refractivity contribution in [2.75, 3.05) is 26.1 Å². The minimum atomic E-state index is -0.913. The number of halogens is 1. The molecule has 2 aromatic heterocycles. The molecular weight excluding hydrogens is 465 g/mol. The fraction of sp³-hybridized carbons (Fsp3) is 0.182. The maximum Gasteiger partial charge on any atom is 0.330 e. The van der Waals surface area contributed by atoms with Crippen LogP contribution in [0.2, 0.25) is 0 Å². The van der Waals surface area contributed by atoms with E-state index in [0.717, 1.165) is 10.4 Å². The van der Waals surface area contributed by atoms with Crippen LogP contribution in [0.1, 0.15) is 5.76 Å². The highest BCUT2D eigenvalue weighted by atomic mass is 32.1. The second-order valence-corrected chi connectivity index (χ2v) is 8.07. The molecule has 10 nitrogen and oxygen atoms in total. The molecule has 0 bridgehead atoms. The van der Waals surface area contributed by atoms with E-state index >= 15 is 0 Å². The molecule has 1 atom stereocenters. The standard InChI is InChI=1S/C22H20FN5O5S/c1-31-11-17(21(29)32-2)25-20(27-30)18-10-16(28-33-18)12-4-3-5-14(8-12)24-22-26-15-7-6-13(23)9-19(15)34-22/h3-10,17,30H,11H2,1-2H3,(H,24,26)(H,25,27)/t17-/m0/s1. The number of carbonyl (C=O) groups excluding carboxylic acids is 1. The highest BCUT2D eigenvalue weighted by molar-refractivity contribution is 7.22. The van der Waals surface area contributed by atoms with Crippen LogP contribution < -0.4 is 10.6 Å².